The highest BCUT2D eigenvalue weighted by Gasteiger charge is 2.69. The summed E-state index contributed by atoms with van der Waals surface area (Å²) in [5, 5.41) is 0. The second-order valence-corrected chi connectivity index (χ2v) is 14.9. The molecule has 32 heavy (non-hydrogen) atoms. The summed E-state index contributed by atoms with van der Waals surface area (Å²) in [6, 6.07) is 0. The first-order valence-corrected chi connectivity index (χ1v) is 13.4. The molecule has 0 aromatic rings. The first-order valence-electron chi connectivity index (χ1n) is 13.4. The maximum Gasteiger partial charge on any atom is 0.140 e. The van der Waals surface area contributed by atoms with Crippen LogP contribution in [-0.2, 0) is 9.59 Å². The molecular weight excluding hydrogens is 392 g/mol. The van der Waals surface area contributed by atoms with Crippen molar-refractivity contribution in [2.45, 2.75) is 113 Å². The number of carbonyl (C=O) groups excluding carboxylic acids is 2. The molecule has 178 valence electrons. The Balaban J connectivity index is 1.61. The fraction of sp³-hybridized carbons (Fsp3) is 0.867. The number of rotatable bonds is 0. The maximum atomic E-state index is 13.9. The van der Waals surface area contributed by atoms with E-state index >= 15 is 0 Å². The molecule has 0 bridgehead atoms. The Hall–Kier alpha value is -0.920. The van der Waals surface area contributed by atoms with Crippen molar-refractivity contribution in [1.29, 1.82) is 0 Å². The molecule has 0 aromatic carbocycles. The molecule has 2 heteroatoms. The fourth-order valence-corrected chi connectivity index (χ4v) is 10.1. The van der Waals surface area contributed by atoms with Crippen molar-refractivity contribution in [3.05, 3.63) is 11.6 Å². The highest BCUT2D eigenvalue weighted by Crippen LogP contribution is 2.74. The Kier molecular flexibility index (Phi) is 4.57. The third-order valence-electron chi connectivity index (χ3n) is 12.6. The van der Waals surface area contributed by atoms with Gasteiger partial charge in [-0.15, -0.1) is 0 Å². The molecule has 0 aromatic heterocycles. The minimum Gasteiger partial charge on any atom is -0.299 e. The van der Waals surface area contributed by atoms with Crippen LogP contribution in [0.25, 0.3) is 0 Å². The van der Waals surface area contributed by atoms with Crippen molar-refractivity contribution in [3.63, 3.8) is 0 Å². The molecule has 0 amide bonds. The molecule has 0 unspecified atom stereocenters. The highest BCUT2D eigenvalue weighted by molar-refractivity contribution is 5.88. The molecule has 7 atom stereocenters. The second kappa shape index (κ2) is 6.39. The molecule has 5 aliphatic rings. The van der Waals surface area contributed by atoms with E-state index in [1.807, 2.05) is 0 Å². The number of Topliss-reactive ketones (excluding diaryl/α,β-unsaturated/α-hetero) is 2. The van der Waals surface area contributed by atoms with E-state index < -0.39 is 0 Å². The fourth-order valence-electron chi connectivity index (χ4n) is 10.1. The Morgan fingerprint density at radius 3 is 2.19 bits per heavy atom. The zero-order valence-electron chi connectivity index (χ0n) is 22.0. The van der Waals surface area contributed by atoms with Gasteiger partial charge in [-0.1, -0.05) is 67.0 Å². The van der Waals surface area contributed by atoms with Crippen LogP contribution in [0.1, 0.15) is 113 Å². The Morgan fingerprint density at radius 1 is 0.812 bits per heavy atom. The molecule has 5 rings (SSSR count). The minimum absolute atomic E-state index is 0.0375. The van der Waals surface area contributed by atoms with Gasteiger partial charge in [-0.2, -0.15) is 0 Å². The van der Waals surface area contributed by atoms with Crippen molar-refractivity contribution >= 4 is 11.6 Å². The zero-order chi connectivity index (χ0) is 23.5. The summed E-state index contributed by atoms with van der Waals surface area (Å²) < 4.78 is 0. The summed E-state index contributed by atoms with van der Waals surface area (Å²) in [5.41, 5.74) is 1.86. The standard InChI is InChI=1S/C30H46O2/c1-25(2)15-16-27(5)20(17-25)19-9-10-22-28(6)13-12-23(31)26(3,4)21(28)11-14-29(22,7)30(19,8)18-24(27)32/h9,20-22H,10-18H2,1-8H3/t20-,21-,22+,27-,28-,29+,30+/m0/s1. The van der Waals surface area contributed by atoms with Gasteiger partial charge in [0.05, 0.1) is 0 Å². The first kappa shape index (κ1) is 22.9. The quantitative estimate of drug-likeness (QED) is 0.366. The molecule has 0 aliphatic heterocycles. The maximum absolute atomic E-state index is 13.9. The van der Waals surface area contributed by atoms with E-state index in [0.717, 1.165) is 51.4 Å². The van der Waals surface area contributed by atoms with Gasteiger partial charge in [-0.3, -0.25) is 9.59 Å². The minimum atomic E-state index is -0.215. The molecule has 0 spiro atoms. The molecule has 4 fully saturated rings. The summed E-state index contributed by atoms with van der Waals surface area (Å²) in [5.74, 6) is 2.43. The summed E-state index contributed by atoms with van der Waals surface area (Å²) in [6.07, 6.45) is 11.9. The van der Waals surface area contributed by atoms with Gasteiger partial charge in [0, 0.05) is 29.1 Å². The number of hydrogen-bond acceptors (Lipinski definition) is 2. The van der Waals surface area contributed by atoms with Crippen molar-refractivity contribution in [1.82, 2.24) is 0 Å². The van der Waals surface area contributed by atoms with Gasteiger partial charge < -0.3 is 0 Å². The van der Waals surface area contributed by atoms with Crippen LogP contribution in [0.5, 0.6) is 0 Å². The van der Waals surface area contributed by atoms with Gasteiger partial charge in [0.25, 0.3) is 0 Å². The van der Waals surface area contributed by atoms with Crippen LogP contribution in [0.15, 0.2) is 11.6 Å². The van der Waals surface area contributed by atoms with Crippen LogP contribution in [0.4, 0.5) is 0 Å². The Labute approximate surface area is 196 Å². The summed E-state index contributed by atoms with van der Waals surface area (Å²) in [4.78, 5) is 26.8. The van der Waals surface area contributed by atoms with Gasteiger partial charge in [0.2, 0.25) is 0 Å². The van der Waals surface area contributed by atoms with Crippen molar-refractivity contribution in [2.75, 3.05) is 0 Å². The van der Waals surface area contributed by atoms with Gasteiger partial charge in [0.1, 0.15) is 11.6 Å². The predicted octanol–water partition coefficient (Wildman–Crippen LogP) is 7.56. The average molecular weight is 439 g/mol. The lowest BCUT2D eigenvalue weighted by atomic mass is 9.33. The second-order valence-electron chi connectivity index (χ2n) is 14.9. The lowest BCUT2D eigenvalue weighted by molar-refractivity contribution is -0.185. The van der Waals surface area contributed by atoms with Crippen molar-refractivity contribution in [2.24, 2.45) is 50.2 Å². The molecule has 0 heterocycles. The lowest BCUT2D eigenvalue weighted by Crippen LogP contribution is -2.65. The van der Waals surface area contributed by atoms with E-state index in [-0.39, 0.29) is 27.1 Å². The van der Waals surface area contributed by atoms with Crippen molar-refractivity contribution < 1.29 is 9.59 Å². The number of allylic oxidation sites excluding steroid dienone is 2. The highest BCUT2D eigenvalue weighted by atomic mass is 16.1. The third kappa shape index (κ3) is 2.59. The SMILES string of the molecule is CC1(C)CC[C@]2(C)C(=O)C[C@]3(C)C(=CC[C@@H]4[C@@]5(C)CCC(=O)C(C)(C)[C@@H]5CC[C@]43C)[C@@H]2C1. The van der Waals surface area contributed by atoms with Crippen LogP contribution in [0.3, 0.4) is 0 Å². The van der Waals surface area contributed by atoms with Crippen LogP contribution >= 0.6 is 0 Å². The molecule has 5 aliphatic carbocycles. The lowest BCUT2D eigenvalue weighted by Gasteiger charge is -2.70. The average Bonchev–Trinajstić information content (AvgIpc) is 2.68. The number of ketones is 2. The van der Waals surface area contributed by atoms with Crippen LogP contribution in [0, 0.1) is 50.2 Å². The van der Waals surface area contributed by atoms with E-state index in [1.54, 1.807) is 5.57 Å². The van der Waals surface area contributed by atoms with E-state index in [9.17, 15) is 9.59 Å². The zero-order valence-corrected chi connectivity index (χ0v) is 22.0. The summed E-state index contributed by atoms with van der Waals surface area (Å²) in [6.45, 7) is 19.0. The summed E-state index contributed by atoms with van der Waals surface area (Å²) in [7, 11) is 0. The third-order valence-corrected chi connectivity index (χ3v) is 12.6. The molecule has 4 saturated carbocycles. The molecule has 0 radical (unpaired) electrons. The summed E-state index contributed by atoms with van der Waals surface area (Å²) >= 11 is 0. The van der Waals surface area contributed by atoms with Gasteiger partial charge in [-0.25, -0.2) is 0 Å². The van der Waals surface area contributed by atoms with Gasteiger partial charge in [-0.05, 0) is 78.9 Å². The van der Waals surface area contributed by atoms with Gasteiger partial charge >= 0.3 is 0 Å². The van der Waals surface area contributed by atoms with E-state index in [4.69, 9.17) is 0 Å². The smallest absolute Gasteiger partial charge is 0.140 e. The van der Waals surface area contributed by atoms with Crippen molar-refractivity contribution in [3.8, 4) is 0 Å². The molecule has 0 saturated heterocycles. The monoisotopic (exact) mass is 438 g/mol. The Bertz CT molecular complexity index is 908. The first-order chi connectivity index (χ1) is 14.6. The van der Waals surface area contributed by atoms with E-state index in [2.05, 4.69) is 61.5 Å². The number of fused-ring (bicyclic) bond motifs is 7. The van der Waals surface area contributed by atoms with Crippen LogP contribution < -0.4 is 0 Å². The molecular formula is C30H46O2. The van der Waals surface area contributed by atoms with Gasteiger partial charge in [0.15, 0.2) is 0 Å². The van der Waals surface area contributed by atoms with E-state index in [1.165, 1.54) is 6.42 Å². The Morgan fingerprint density at radius 2 is 1.50 bits per heavy atom. The molecule has 2 nitrogen and oxygen atoms in total. The van der Waals surface area contributed by atoms with Crippen LogP contribution in [-0.4, -0.2) is 11.6 Å². The predicted molar refractivity (Wildman–Crippen MR) is 130 cm³/mol. The van der Waals surface area contributed by atoms with E-state index in [0.29, 0.717) is 34.7 Å². The normalized spacial score (nSPS) is 51.6. The van der Waals surface area contributed by atoms with Crippen LogP contribution in [0.2, 0.25) is 0 Å². The number of carbonyl (C=O) groups is 2. The number of hydrogen-bond donors (Lipinski definition) is 0. The molecule has 0 N–H and O–H groups in total. The largest absolute Gasteiger partial charge is 0.299 e. The topological polar surface area (TPSA) is 34.1 Å².